The zero-order valence-electron chi connectivity index (χ0n) is 14.3. The quantitative estimate of drug-likeness (QED) is 0.678. The molecular formula is C19H31NO. The summed E-state index contributed by atoms with van der Waals surface area (Å²) in [5.74, 6) is 1.43. The summed E-state index contributed by atoms with van der Waals surface area (Å²) in [6.07, 6.45) is 2.03. The van der Waals surface area contributed by atoms with E-state index in [1.165, 1.54) is 5.56 Å². The van der Waals surface area contributed by atoms with Crippen molar-refractivity contribution in [3.05, 3.63) is 35.9 Å². The van der Waals surface area contributed by atoms with E-state index in [2.05, 4.69) is 58.0 Å². The van der Waals surface area contributed by atoms with Crippen LogP contribution in [0.15, 0.2) is 30.3 Å². The third-order valence-electron chi connectivity index (χ3n) is 4.59. The fourth-order valence-corrected chi connectivity index (χ4v) is 3.00. The summed E-state index contributed by atoms with van der Waals surface area (Å²) >= 11 is 0. The maximum absolute atomic E-state index is 12.4. The molecule has 0 aliphatic carbocycles. The van der Waals surface area contributed by atoms with Gasteiger partial charge in [-0.05, 0) is 37.2 Å². The highest BCUT2D eigenvalue weighted by molar-refractivity contribution is 5.78. The van der Waals surface area contributed by atoms with Crippen LogP contribution in [0.25, 0.3) is 0 Å². The molecule has 0 spiro atoms. The lowest BCUT2D eigenvalue weighted by molar-refractivity contribution is -0.135. The first-order valence-corrected chi connectivity index (χ1v) is 8.38. The summed E-state index contributed by atoms with van der Waals surface area (Å²) in [5, 5.41) is 0. The standard InChI is InChI=1S/C19H31NO/c1-6-15(4)19(21)20(8-3)14-16(5)18(7-2)17-12-10-9-11-13-17/h9-13,15-16,18H,6-8,14H2,1-5H3. The number of carbonyl (C=O) groups excluding carboxylic acids is 1. The number of rotatable bonds is 8. The Labute approximate surface area is 130 Å². The summed E-state index contributed by atoms with van der Waals surface area (Å²) in [7, 11) is 0. The summed E-state index contributed by atoms with van der Waals surface area (Å²) in [6, 6.07) is 10.7. The van der Waals surface area contributed by atoms with Crippen LogP contribution in [0.1, 0.15) is 58.9 Å². The molecule has 0 aliphatic heterocycles. The maximum Gasteiger partial charge on any atom is 0.225 e. The Bertz CT molecular complexity index is 415. The van der Waals surface area contributed by atoms with Gasteiger partial charge in [0.15, 0.2) is 0 Å². The van der Waals surface area contributed by atoms with Gasteiger partial charge in [-0.2, -0.15) is 0 Å². The van der Waals surface area contributed by atoms with Gasteiger partial charge in [0.05, 0.1) is 0 Å². The van der Waals surface area contributed by atoms with Gasteiger partial charge in [0.1, 0.15) is 0 Å². The Morgan fingerprint density at radius 3 is 2.14 bits per heavy atom. The number of benzene rings is 1. The molecule has 1 aromatic carbocycles. The second-order valence-corrected chi connectivity index (χ2v) is 6.09. The van der Waals surface area contributed by atoms with E-state index >= 15 is 0 Å². The fraction of sp³-hybridized carbons (Fsp3) is 0.632. The first-order valence-electron chi connectivity index (χ1n) is 8.38. The molecule has 0 bridgehead atoms. The second kappa shape index (κ2) is 8.86. The molecule has 3 atom stereocenters. The van der Waals surface area contributed by atoms with Crippen LogP contribution in [0.4, 0.5) is 0 Å². The van der Waals surface area contributed by atoms with E-state index in [4.69, 9.17) is 0 Å². The highest BCUT2D eigenvalue weighted by Gasteiger charge is 2.24. The van der Waals surface area contributed by atoms with Gasteiger partial charge in [-0.25, -0.2) is 0 Å². The smallest absolute Gasteiger partial charge is 0.225 e. The molecule has 0 saturated carbocycles. The maximum atomic E-state index is 12.4. The summed E-state index contributed by atoms with van der Waals surface area (Å²) in [4.78, 5) is 14.4. The van der Waals surface area contributed by atoms with Crippen LogP contribution in [0.2, 0.25) is 0 Å². The number of hydrogen-bond donors (Lipinski definition) is 0. The molecule has 1 amide bonds. The van der Waals surface area contributed by atoms with Crippen LogP contribution >= 0.6 is 0 Å². The van der Waals surface area contributed by atoms with Gasteiger partial charge < -0.3 is 4.90 Å². The summed E-state index contributed by atoms with van der Waals surface area (Å²) < 4.78 is 0. The van der Waals surface area contributed by atoms with Crippen molar-refractivity contribution in [3.63, 3.8) is 0 Å². The van der Waals surface area contributed by atoms with Crippen molar-refractivity contribution in [1.29, 1.82) is 0 Å². The van der Waals surface area contributed by atoms with Gasteiger partial charge in [-0.15, -0.1) is 0 Å². The van der Waals surface area contributed by atoms with Gasteiger partial charge in [-0.3, -0.25) is 4.79 Å². The molecule has 0 heterocycles. The molecule has 0 N–H and O–H groups in total. The Balaban J connectivity index is 2.76. The van der Waals surface area contributed by atoms with E-state index in [-0.39, 0.29) is 5.92 Å². The Morgan fingerprint density at radius 1 is 1.05 bits per heavy atom. The molecule has 2 heteroatoms. The number of nitrogens with zero attached hydrogens (tertiary/aromatic N) is 1. The third-order valence-corrected chi connectivity index (χ3v) is 4.59. The molecule has 0 saturated heterocycles. The van der Waals surface area contributed by atoms with Gasteiger partial charge in [-0.1, -0.05) is 58.0 Å². The largest absolute Gasteiger partial charge is 0.342 e. The second-order valence-electron chi connectivity index (χ2n) is 6.09. The molecule has 1 aromatic rings. The lowest BCUT2D eigenvalue weighted by Gasteiger charge is -2.31. The molecule has 0 fully saturated rings. The number of amides is 1. The van der Waals surface area contributed by atoms with E-state index in [0.29, 0.717) is 17.7 Å². The molecule has 118 valence electrons. The number of carbonyl (C=O) groups is 1. The first kappa shape index (κ1) is 17.7. The van der Waals surface area contributed by atoms with Crippen molar-refractivity contribution in [1.82, 2.24) is 4.90 Å². The van der Waals surface area contributed by atoms with Crippen molar-refractivity contribution >= 4 is 5.91 Å². The minimum absolute atomic E-state index is 0.133. The van der Waals surface area contributed by atoms with E-state index in [1.54, 1.807) is 0 Å². The molecule has 1 rings (SSSR count). The van der Waals surface area contributed by atoms with Crippen molar-refractivity contribution in [3.8, 4) is 0 Å². The predicted octanol–water partition coefficient (Wildman–Crippen LogP) is 4.71. The monoisotopic (exact) mass is 289 g/mol. The molecule has 21 heavy (non-hydrogen) atoms. The zero-order valence-corrected chi connectivity index (χ0v) is 14.3. The molecule has 3 unspecified atom stereocenters. The van der Waals surface area contributed by atoms with Crippen LogP contribution in [-0.4, -0.2) is 23.9 Å². The molecule has 0 aromatic heterocycles. The summed E-state index contributed by atoms with van der Waals surface area (Å²) in [5.41, 5.74) is 1.39. The minimum Gasteiger partial charge on any atom is -0.342 e. The zero-order chi connectivity index (χ0) is 15.8. The van der Waals surface area contributed by atoms with E-state index in [1.807, 2.05) is 11.8 Å². The average molecular weight is 289 g/mol. The van der Waals surface area contributed by atoms with E-state index in [0.717, 1.165) is 25.9 Å². The highest BCUT2D eigenvalue weighted by atomic mass is 16.2. The molecular weight excluding hydrogens is 258 g/mol. The normalized spacial score (nSPS) is 15.3. The summed E-state index contributed by atoms with van der Waals surface area (Å²) in [6.45, 7) is 12.4. The highest BCUT2D eigenvalue weighted by Crippen LogP contribution is 2.28. The Kier molecular flexibility index (Phi) is 7.49. The lowest BCUT2D eigenvalue weighted by Crippen LogP contribution is -2.39. The fourth-order valence-electron chi connectivity index (χ4n) is 3.00. The topological polar surface area (TPSA) is 20.3 Å². The van der Waals surface area contributed by atoms with Crippen molar-refractivity contribution < 1.29 is 4.79 Å². The van der Waals surface area contributed by atoms with Gasteiger partial charge in [0.25, 0.3) is 0 Å². The lowest BCUT2D eigenvalue weighted by atomic mass is 9.84. The van der Waals surface area contributed by atoms with E-state index < -0.39 is 0 Å². The van der Waals surface area contributed by atoms with Gasteiger partial charge in [0, 0.05) is 19.0 Å². The van der Waals surface area contributed by atoms with Gasteiger partial charge in [0.2, 0.25) is 5.91 Å². The third kappa shape index (κ3) is 4.87. The van der Waals surface area contributed by atoms with Crippen molar-refractivity contribution in [2.45, 2.75) is 53.4 Å². The van der Waals surface area contributed by atoms with Gasteiger partial charge >= 0.3 is 0 Å². The molecule has 0 radical (unpaired) electrons. The van der Waals surface area contributed by atoms with Crippen LogP contribution in [0.5, 0.6) is 0 Å². The predicted molar refractivity (Wildman–Crippen MR) is 90.3 cm³/mol. The van der Waals surface area contributed by atoms with E-state index in [9.17, 15) is 4.79 Å². The Hall–Kier alpha value is -1.31. The SMILES string of the molecule is CCC(C)C(=O)N(CC)CC(C)C(CC)c1ccccc1. The van der Waals surface area contributed by atoms with Crippen molar-refractivity contribution in [2.75, 3.05) is 13.1 Å². The number of hydrogen-bond acceptors (Lipinski definition) is 1. The van der Waals surface area contributed by atoms with Crippen LogP contribution < -0.4 is 0 Å². The Morgan fingerprint density at radius 2 is 1.67 bits per heavy atom. The molecule has 0 aliphatic rings. The van der Waals surface area contributed by atoms with Crippen molar-refractivity contribution in [2.24, 2.45) is 11.8 Å². The first-order chi connectivity index (χ1) is 10.0. The van der Waals surface area contributed by atoms with Crippen LogP contribution in [0, 0.1) is 11.8 Å². The minimum atomic E-state index is 0.133. The van der Waals surface area contributed by atoms with Crippen LogP contribution in [-0.2, 0) is 4.79 Å². The van der Waals surface area contributed by atoms with Crippen LogP contribution in [0.3, 0.4) is 0 Å². The average Bonchev–Trinajstić information content (AvgIpc) is 2.52. The molecule has 2 nitrogen and oxygen atoms in total.